The van der Waals surface area contributed by atoms with Crippen molar-refractivity contribution in [1.29, 1.82) is 0 Å². The van der Waals surface area contributed by atoms with E-state index in [0.717, 1.165) is 11.1 Å². The number of hydrogen-bond acceptors (Lipinski definition) is 4. The third-order valence-corrected chi connectivity index (χ3v) is 3.22. The predicted octanol–water partition coefficient (Wildman–Crippen LogP) is 2.54. The number of allylic oxidation sites excluding steroid dienone is 1. The van der Waals surface area contributed by atoms with Crippen molar-refractivity contribution in [2.75, 3.05) is 13.7 Å². The molecule has 22 heavy (non-hydrogen) atoms. The molecule has 1 heterocycles. The van der Waals surface area contributed by atoms with E-state index in [-0.39, 0.29) is 12.5 Å². The zero-order valence-electron chi connectivity index (χ0n) is 12.6. The summed E-state index contributed by atoms with van der Waals surface area (Å²) < 4.78 is 10.3. The largest absolute Gasteiger partial charge is 0.496 e. The fourth-order valence-electron chi connectivity index (χ4n) is 2.07. The molecule has 2 aromatic rings. The summed E-state index contributed by atoms with van der Waals surface area (Å²) in [7, 11) is 1.59. The van der Waals surface area contributed by atoms with E-state index in [9.17, 15) is 9.90 Å². The molecule has 1 aromatic carbocycles. The maximum absolute atomic E-state index is 11.9. The molecule has 1 amide bonds. The smallest absolute Gasteiger partial charge is 0.244 e. The highest BCUT2D eigenvalue weighted by Crippen LogP contribution is 2.24. The number of carbonyl (C=O) groups is 1. The summed E-state index contributed by atoms with van der Waals surface area (Å²) in [4.78, 5) is 11.9. The van der Waals surface area contributed by atoms with Gasteiger partial charge in [-0.1, -0.05) is 18.2 Å². The van der Waals surface area contributed by atoms with Crippen molar-refractivity contribution in [1.82, 2.24) is 5.32 Å². The maximum Gasteiger partial charge on any atom is 0.244 e. The Hall–Kier alpha value is -2.53. The van der Waals surface area contributed by atoms with Crippen LogP contribution in [0.2, 0.25) is 0 Å². The van der Waals surface area contributed by atoms with Gasteiger partial charge in [0.05, 0.1) is 19.9 Å². The van der Waals surface area contributed by atoms with E-state index in [0.29, 0.717) is 11.5 Å². The Morgan fingerprint density at radius 1 is 1.36 bits per heavy atom. The summed E-state index contributed by atoms with van der Waals surface area (Å²) in [6.45, 7) is 1.92. The van der Waals surface area contributed by atoms with Crippen LogP contribution < -0.4 is 10.1 Å². The number of benzene rings is 1. The summed E-state index contributed by atoms with van der Waals surface area (Å²) in [6, 6.07) is 10.8. The Morgan fingerprint density at radius 3 is 2.82 bits per heavy atom. The lowest BCUT2D eigenvalue weighted by Crippen LogP contribution is -2.26. The molecule has 2 rings (SSSR count). The summed E-state index contributed by atoms with van der Waals surface area (Å²) in [5, 5.41) is 12.5. The number of carbonyl (C=O) groups excluding carboxylic acids is 1. The minimum atomic E-state index is -0.862. The molecule has 1 unspecified atom stereocenters. The Balaban J connectivity index is 1.98. The summed E-state index contributed by atoms with van der Waals surface area (Å²) in [5.74, 6) is 0.847. The topological polar surface area (TPSA) is 71.7 Å². The van der Waals surface area contributed by atoms with Crippen LogP contribution in [-0.2, 0) is 4.79 Å². The van der Waals surface area contributed by atoms with Gasteiger partial charge in [0, 0.05) is 11.6 Å². The van der Waals surface area contributed by atoms with E-state index in [2.05, 4.69) is 5.32 Å². The fraction of sp³-hybridized carbons (Fsp3) is 0.235. The van der Waals surface area contributed by atoms with Gasteiger partial charge in [-0.25, -0.2) is 0 Å². The first kappa shape index (κ1) is 15.9. The average Bonchev–Trinajstić information content (AvgIpc) is 3.07. The molecule has 0 aliphatic heterocycles. The van der Waals surface area contributed by atoms with E-state index in [4.69, 9.17) is 9.15 Å². The monoisotopic (exact) mass is 301 g/mol. The van der Waals surface area contributed by atoms with Crippen LogP contribution >= 0.6 is 0 Å². The zero-order valence-corrected chi connectivity index (χ0v) is 12.6. The molecule has 0 fully saturated rings. The van der Waals surface area contributed by atoms with Gasteiger partial charge in [0.2, 0.25) is 5.91 Å². The van der Waals surface area contributed by atoms with Gasteiger partial charge in [0.25, 0.3) is 0 Å². The summed E-state index contributed by atoms with van der Waals surface area (Å²) in [6.07, 6.45) is 2.10. The molecule has 0 aliphatic carbocycles. The van der Waals surface area contributed by atoms with Crippen molar-refractivity contribution < 1.29 is 19.1 Å². The van der Waals surface area contributed by atoms with Crippen LogP contribution in [0.5, 0.6) is 5.75 Å². The minimum absolute atomic E-state index is 0.0854. The third-order valence-electron chi connectivity index (χ3n) is 3.22. The van der Waals surface area contributed by atoms with Crippen LogP contribution in [0.4, 0.5) is 0 Å². The number of hydrogen-bond donors (Lipinski definition) is 2. The Kier molecular flexibility index (Phi) is 5.38. The Labute approximate surface area is 129 Å². The number of rotatable bonds is 6. The molecular weight excluding hydrogens is 282 g/mol. The van der Waals surface area contributed by atoms with E-state index in [1.807, 2.05) is 31.2 Å². The van der Waals surface area contributed by atoms with E-state index in [1.165, 1.54) is 12.3 Å². The van der Waals surface area contributed by atoms with Crippen LogP contribution in [0.15, 0.2) is 53.2 Å². The second-order valence-corrected chi connectivity index (χ2v) is 4.80. The summed E-state index contributed by atoms with van der Waals surface area (Å²) in [5.41, 5.74) is 1.63. The molecule has 0 radical (unpaired) electrons. The molecule has 5 heteroatoms. The molecule has 1 aromatic heterocycles. The molecule has 0 aliphatic rings. The second kappa shape index (κ2) is 7.47. The number of amides is 1. The summed E-state index contributed by atoms with van der Waals surface area (Å²) >= 11 is 0. The van der Waals surface area contributed by atoms with Gasteiger partial charge in [0.15, 0.2) is 0 Å². The normalized spacial score (nSPS) is 12.8. The lowest BCUT2D eigenvalue weighted by molar-refractivity contribution is -0.116. The molecular formula is C17H19NO4. The van der Waals surface area contributed by atoms with Gasteiger partial charge in [-0.15, -0.1) is 0 Å². The lowest BCUT2D eigenvalue weighted by atomic mass is 10.1. The van der Waals surface area contributed by atoms with Crippen LogP contribution in [0, 0.1) is 0 Å². The molecule has 0 saturated carbocycles. The van der Waals surface area contributed by atoms with Gasteiger partial charge >= 0.3 is 0 Å². The van der Waals surface area contributed by atoms with Gasteiger partial charge in [0.1, 0.15) is 17.6 Å². The highest BCUT2D eigenvalue weighted by atomic mass is 16.5. The predicted molar refractivity (Wildman–Crippen MR) is 83.3 cm³/mol. The number of aliphatic hydroxyl groups is 1. The number of ether oxygens (including phenoxy) is 1. The van der Waals surface area contributed by atoms with Crippen LogP contribution in [0.25, 0.3) is 5.57 Å². The molecule has 0 bridgehead atoms. The van der Waals surface area contributed by atoms with Gasteiger partial charge in [-0.3, -0.25) is 4.79 Å². The molecule has 0 saturated heterocycles. The number of nitrogens with one attached hydrogen (secondary N) is 1. The first-order chi connectivity index (χ1) is 10.6. The van der Waals surface area contributed by atoms with Crippen molar-refractivity contribution >= 4 is 11.5 Å². The fourth-order valence-corrected chi connectivity index (χ4v) is 2.07. The molecule has 0 spiro atoms. The molecule has 5 nitrogen and oxygen atoms in total. The van der Waals surface area contributed by atoms with E-state index >= 15 is 0 Å². The number of furan rings is 1. The van der Waals surface area contributed by atoms with Crippen molar-refractivity contribution in [3.8, 4) is 5.75 Å². The van der Waals surface area contributed by atoms with Crippen LogP contribution in [-0.4, -0.2) is 24.7 Å². The zero-order chi connectivity index (χ0) is 15.9. The number of aliphatic hydroxyl groups excluding tert-OH is 1. The standard InChI is InChI=1S/C17H19NO4/c1-12(13-6-3-4-7-15(13)21-2)10-17(20)18-11-14(19)16-8-5-9-22-16/h3-10,14,19H,11H2,1-2H3,(H,18,20)/b12-10+. The molecule has 2 N–H and O–H groups in total. The van der Waals surface area contributed by atoms with Gasteiger partial charge in [-0.2, -0.15) is 0 Å². The quantitative estimate of drug-likeness (QED) is 0.804. The van der Waals surface area contributed by atoms with Gasteiger partial charge < -0.3 is 19.6 Å². The minimum Gasteiger partial charge on any atom is -0.496 e. The van der Waals surface area contributed by atoms with Crippen molar-refractivity contribution in [2.24, 2.45) is 0 Å². The van der Waals surface area contributed by atoms with Gasteiger partial charge in [-0.05, 0) is 30.7 Å². The highest BCUT2D eigenvalue weighted by molar-refractivity contribution is 5.95. The number of methoxy groups -OCH3 is 1. The van der Waals surface area contributed by atoms with Crippen molar-refractivity contribution in [2.45, 2.75) is 13.0 Å². The van der Waals surface area contributed by atoms with Crippen molar-refractivity contribution in [3.05, 3.63) is 60.1 Å². The maximum atomic E-state index is 11.9. The molecule has 1 atom stereocenters. The Morgan fingerprint density at radius 2 is 2.14 bits per heavy atom. The Bertz CT molecular complexity index is 646. The number of para-hydroxylation sites is 1. The third kappa shape index (κ3) is 3.99. The average molecular weight is 301 g/mol. The molecule has 116 valence electrons. The highest BCUT2D eigenvalue weighted by Gasteiger charge is 2.11. The van der Waals surface area contributed by atoms with Crippen LogP contribution in [0.1, 0.15) is 24.4 Å². The SMILES string of the molecule is COc1ccccc1/C(C)=C/C(=O)NCC(O)c1ccco1. The van der Waals surface area contributed by atoms with Crippen molar-refractivity contribution in [3.63, 3.8) is 0 Å². The first-order valence-electron chi connectivity index (χ1n) is 6.93. The lowest BCUT2D eigenvalue weighted by Gasteiger charge is -2.10. The van der Waals surface area contributed by atoms with Crippen LogP contribution in [0.3, 0.4) is 0 Å². The van der Waals surface area contributed by atoms with E-state index in [1.54, 1.807) is 19.2 Å². The second-order valence-electron chi connectivity index (χ2n) is 4.80. The first-order valence-corrected chi connectivity index (χ1v) is 6.93. The van der Waals surface area contributed by atoms with E-state index < -0.39 is 6.10 Å².